The molecule has 1 aliphatic rings. The highest BCUT2D eigenvalue weighted by atomic mass is 19.1. The average molecular weight is 518 g/mol. The summed E-state index contributed by atoms with van der Waals surface area (Å²) < 4.78 is 27.4. The quantitative estimate of drug-likeness (QED) is 0.166. The number of aromatic nitrogens is 4. The molecule has 2 aromatic rings. The van der Waals surface area contributed by atoms with E-state index in [1.165, 1.54) is 10.9 Å². The van der Waals surface area contributed by atoms with Crippen LogP contribution in [0.15, 0.2) is 6.33 Å². The van der Waals surface area contributed by atoms with Gasteiger partial charge in [0.05, 0.1) is 12.9 Å². The summed E-state index contributed by atoms with van der Waals surface area (Å²) in [7, 11) is 0. The largest absolute Gasteiger partial charge is 0.458 e. The second kappa shape index (κ2) is 13.4. The molecule has 0 bridgehead atoms. The highest BCUT2D eigenvalue weighted by molar-refractivity contribution is 5.96. The van der Waals surface area contributed by atoms with E-state index >= 15 is 0 Å². The van der Waals surface area contributed by atoms with Crippen LogP contribution < -0.4 is 5.32 Å². The summed E-state index contributed by atoms with van der Waals surface area (Å²) in [5.41, 5.74) is -1.31. The Morgan fingerprint density at radius 2 is 1.92 bits per heavy atom. The number of hydrogen-bond donors (Lipinski definition) is 2. The Hall–Kier alpha value is -3.10. The van der Waals surface area contributed by atoms with Crippen molar-refractivity contribution in [1.82, 2.24) is 19.5 Å². The fourth-order valence-corrected chi connectivity index (χ4v) is 4.37. The van der Waals surface area contributed by atoms with Crippen LogP contribution in [0.5, 0.6) is 0 Å². The molecule has 3 heterocycles. The van der Waals surface area contributed by atoms with E-state index < -0.39 is 36.6 Å². The van der Waals surface area contributed by atoms with Gasteiger partial charge in [0.1, 0.15) is 12.3 Å². The van der Waals surface area contributed by atoms with E-state index in [0.29, 0.717) is 6.42 Å². The summed E-state index contributed by atoms with van der Waals surface area (Å²) in [4.78, 5) is 36.6. The average Bonchev–Trinajstić information content (AvgIpc) is 3.46. The zero-order valence-electron chi connectivity index (χ0n) is 21.5. The summed E-state index contributed by atoms with van der Waals surface area (Å²) in [6, 6.07) is 0. The topological polar surface area (TPSA) is 128 Å². The van der Waals surface area contributed by atoms with Gasteiger partial charge in [0.2, 0.25) is 5.91 Å². The van der Waals surface area contributed by atoms with Gasteiger partial charge in [0.15, 0.2) is 22.6 Å². The van der Waals surface area contributed by atoms with Crippen LogP contribution in [0.25, 0.3) is 11.2 Å². The minimum Gasteiger partial charge on any atom is -0.458 e. The first-order valence-electron chi connectivity index (χ1n) is 13.0. The number of aliphatic hydroxyl groups excluding tert-OH is 1. The first-order chi connectivity index (χ1) is 17.9. The van der Waals surface area contributed by atoms with Crippen molar-refractivity contribution in [3.8, 4) is 12.3 Å². The second-order valence-corrected chi connectivity index (χ2v) is 9.31. The lowest BCUT2D eigenvalue weighted by atomic mass is 9.98. The Balaban J connectivity index is 1.77. The number of nitrogens with one attached hydrogen (secondary N) is 1. The molecule has 3 atom stereocenters. The Bertz CT molecular complexity index is 1120. The molecular weight excluding hydrogens is 481 g/mol. The Morgan fingerprint density at radius 1 is 1.22 bits per heavy atom. The lowest BCUT2D eigenvalue weighted by molar-refractivity contribution is -0.158. The molecule has 0 aromatic carbocycles. The van der Waals surface area contributed by atoms with E-state index in [-0.39, 0.29) is 42.2 Å². The van der Waals surface area contributed by atoms with E-state index in [1.54, 1.807) is 0 Å². The van der Waals surface area contributed by atoms with E-state index in [0.717, 1.165) is 44.9 Å². The van der Waals surface area contributed by atoms with Crippen LogP contribution in [0.1, 0.15) is 90.7 Å². The van der Waals surface area contributed by atoms with Crippen molar-refractivity contribution in [1.29, 1.82) is 0 Å². The first kappa shape index (κ1) is 28.5. The van der Waals surface area contributed by atoms with Gasteiger partial charge in [0, 0.05) is 19.3 Å². The monoisotopic (exact) mass is 517 g/mol. The van der Waals surface area contributed by atoms with Crippen LogP contribution >= 0.6 is 0 Å². The molecule has 1 saturated heterocycles. The summed E-state index contributed by atoms with van der Waals surface area (Å²) in [6.45, 7) is 3.59. The van der Waals surface area contributed by atoms with E-state index in [9.17, 15) is 19.1 Å². The number of hydrogen-bond acceptors (Lipinski definition) is 8. The zero-order valence-corrected chi connectivity index (χ0v) is 21.5. The van der Waals surface area contributed by atoms with Gasteiger partial charge in [-0.3, -0.25) is 14.2 Å². The smallest absolute Gasteiger partial charge is 0.312 e. The molecule has 1 aliphatic heterocycles. The summed E-state index contributed by atoms with van der Waals surface area (Å²) in [5, 5.41) is 12.7. The zero-order chi connectivity index (χ0) is 26.8. The summed E-state index contributed by atoms with van der Waals surface area (Å²) >= 11 is 0. The highest BCUT2D eigenvalue weighted by Gasteiger charge is 2.51. The molecule has 37 heavy (non-hydrogen) atoms. The Kier molecular flexibility index (Phi) is 10.3. The van der Waals surface area contributed by atoms with Crippen molar-refractivity contribution >= 4 is 28.9 Å². The Labute approximate surface area is 216 Å². The molecule has 0 unspecified atom stereocenters. The van der Waals surface area contributed by atoms with Crippen molar-refractivity contribution in [2.45, 2.75) is 102 Å². The molecule has 1 fully saturated rings. The van der Waals surface area contributed by atoms with Crippen molar-refractivity contribution < 1.29 is 28.6 Å². The number of nitrogens with zero attached hydrogens (tertiary/aromatic N) is 4. The number of unbranched alkanes of at least 4 members (excludes halogenated alkanes) is 6. The lowest BCUT2D eigenvalue weighted by Gasteiger charge is -2.26. The molecule has 11 heteroatoms. The number of anilines is 1. The Morgan fingerprint density at radius 3 is 2.57 bits per heavy atom. The predicted molar refractivity (Wildman–Crippen MR) is 135 cm³/mol. The summed E-state index contributed by atoms with van der Waals surface area (Å²) in [5.74, 6) is 1.67. The van der Waals surface area contributed by atoms with Gasteiger partial charge in [-0.15, -0.1) is 6.42 Å². The summed E-state index contributed by atoms with van der Waals surface area (Å²) in [6.07, 6.45) is 12.3. The van der Waals surface area contributed by atoms with Gasteiger partial charge in [-0.05, 0) is 12.8 Å². The maximum Gasteiger partial charge on any atom is 0.312 e. The number of fused-ring (bicyclic) bond motifs is 1. The molecule has 0 spiro atoms. The third kappa shape index (κ3) is 7.02. The van der Waals surface area contributed by atoms with Crippen LogP contribution in [0, 0.1) is 18.4 Å². The molecule has 10 nitrogen and oxygen atoms in total. The lowest BCUT2D eigenvalue weighted by Crippen LogP contribution is -2.44. The fourth-order valence-electron chi connectivity index (χ4n) is 4.37. The van der Waals surface area contributed by atoms with Crippen molar-refractivity contribution in [2.24, 2.45) is 0 Å². The first-order valence-corrected chi connectivity index (χ1v) is 13.0. The minimum atomic E-state index is -1.57. The van der Waals surface area contributed by atoms with Gasteiger partial charge in [0.25, 0.3) is 0 Å². The van der Waals surface area contributed by atoms with Gasteiger partial charge in [-0.2, -0.15) is 14.4 Å². The molecule has 3 rings (SSSR count). The third-order valence-corrected chi connectivity index (χ3v) is 6.49. The number of carbonyl (C=O) groups is 2. The van der Waals surface area contributed by atoms with Crippen LogP contribution in [0.4, 0.5) is 10.2 Å². The van der Waals surface area contributed by atoms with Gasteiger partial charge >= 0.3 is 12.0 Å². The number of aliphatic hydroxyl groups is 1. The molecular formula is C26H36FN5O5. The van der Waals surface area contributed by atoms with Gasteiger partial charge in [-0.25, -0.2) is 4.98 Å². The normalized spacial score (nSPS) is 21.2. The van der Waals surface area contributed by atoms with Crippen molar-refractivity contribution in [3.05, 3.63) is 12.4 Å². The highest BCUT2D eigenvalue weighted by Crippen LogP contribution is 2.40. The minimum absolute atomic E-state index is 0.0415. The van der Waals surface area contributed by atoms with Crippen LogP contribution in [-0.4, -0.2) is 54.8 Å². The fraction of sp³-hybridized carbons (Fsp3) is 0.654. The number of imidazole rings is 1. The molecule has 1 amide bonds. The number of rotatable bonds is 14. The van der Waals surface area contributed by atoms with Crippen LogP contribution in [0.2, 0.25) is 0 Å². The maximum absolute atomic E-state index is 14.4. The molecule has 0 radical (unpaired) electrons. The molecule has 0 aliphatic carbocycles. The molecule has 202 valence electrons. The number of terminal acetylenes is 1. The van der Waals surface area contributed by atoms with Crippen molar-refractivity contribution in [2.75, 3.05) is 11.9 Å². The number of esters is 1. The van der Waals surface area contributed by atoms with Crippen molar-refractivity contribution in [3.63, 3.8) is 0 Å². The van der Waals surface area contributed by atoms with Gasteiger partial charge in [-0.1, -0.05) is 58.3 Å². The number of halogens is 1. The number of ether oxygens (including phenoxy) is 2. The van der Waals surface area contributed by atoms with E-state index in [4.69, 9.17) is 15.9 Å². The molecule has 0 saturated carbocycles. The third-order valence-electron chi connectivity index (χ3n) is 6.49. The predicted octanol–water partition coefficient (Wildman–Crippen LogP) is 4.04. The molecule has 2 N–H and O–H groups in total. The number of carbonyl (C=O) groups excluding carboxylic acids is 2. The van der Waals surface area contributed by atoms with E-state index in [2.05, 4.69) is 40.0 Å². The standard InChI is InChI=1S/C26H36FN5O5/c1-4-7-9-11-13-19(34)29-23-22-24(31-25(27)30-23)32(17-28-22)20-15-18(26(6-3,16-33)37-20)36-21(35)14-12-10-8-5-2/h3,17-18,20,33H,4-5,7-16H2,1-2H3,(H,29,30,31,34)/t18-,20+,26+/m0/s1. The second-order valence-electron chi connectivity index (χ2n) is 9.31. The SMILES string of the molecule is C#C[C@]1(CO)O[C@@H](n2cnc3c(NC(=O)CCCCCC)nc(F)nc32)C[C@@H]1OC(=O)CCCCCC. The van der Waals surface area contributed by atoms with Crippen LogP contribution in [0.3, 0.4) is 0 Å². The van der Waals surface area contributed by atoms with Crippen LogP contribution in [-0.2, 0) is 19.1 Å². The maximum atomic E-state index is 14.4. The van der Waals surface area contributed by atoms with E-state index in [1.807, 2.05) is 0 Å². The van der Waals surface area contributed by atoms with Gasteiger partial charge < -0.3 is 19.9 Å². The molecule has 2 aromatic heterocycles. The number of amides is 1.